The largest absolute Gasteiger partial charge is 0.481 e. The zero-order valence-electron chi connectivity index (χ0n) is 11.9. The van der Waals surface area contributed by atoms with Gasteiger partial charge in [0.05, 0.1) is 5.02 Å². The van der Waals surface area contributed by atoms with Crippen LogP contribution in [-0.4, -0.2) is 13.1 Å². The first-order valence-electron chi connectivity index (χ1n) is 7.22. The lowest BCUT2D eigenvalue weighted by molar-refractivity contribution is 0.138. The number of rotatable bonds is 4. The predicted molar refractivity (Wildman–Crippen MR) is 87.2 cm³/mol. The van der Waals surface area contributed by atoms with Crippen molar-refractivity contribution in [2.24, 2.45) is 5.92 Å². The summed E-state index contributed by atoms with van der Waals surface area (Å²) >= 11 is 12.1. The summed E-state index contributed by atoms with van der Waals surface area (Å²) in [5.74, 6) is -0.215. The second kappa shape index (κ2) is 6.86. The van der Waals surface area contributed by atoms with Gasteiger partial charge in [-0.3, -0.25) is 0 Å². The molecule has 2 nitrogen and oxygen atoms in total. The van der Waals surface area contributed by atoms with Crippen LogP contribution >= 0.6 is 23.2 Å². The van der Waals surface area contributed by atoms with Crippen molar-refractivity contribution in [2.75, 3.05) is 13.1 Å². The first-order valence-corrected chi connectivity index (χ1v) is 7.98. The SMILES string of the molecule is Fc1ccc(Cl)c(Cl)c1OC(c1ccccc1)C1CCNC1. The van der Waals surface area contributed by atoms with Crippen LogP contribution in [0, 0.1) is 11.7 Å². The fraction of sp³-hybridized carbons (Fsp3) is 0.294. The highest BCUT2D eigenvalue weighted by Gasteiger charge is 2.29. The van der Waals surface area contributed by atoms with Crippen LogP contribution in [0.15, 0.2) is 42.5 Å². The Morgan fingerprint density at radius 3 is 2.59 bits per heavy atom. The molecular weight excluding hydrogens is 324 g/mol. The average molecular weight is 340 g/mol. The molecule has 1 aliphatic heterocycles. The van der Waals surface area contributed by atoms with Gasteiger partial charge in [-0.05, 0) is 30.7 Å². The molecule has 2 unspecified atom stereocenters. The van der Waals surface area contributed by atoms with Crippen molar-refractivity contribution >= 4 is 23.2 Å². The summed E-state index contributed by atoms with van der Waals surface area (Å²) in [6, 6.07) is 12.5. The van der Waals surface area contributed by atoms with E-state index in [2.05, 4.69) is 5.32 Å². The molecule has 0 aliphatic carbocycles. The lowest BCUT2D eigenvalue weighted by Gasteiger charge is -2.25. The Kier molecular flexibility index (Phi) is 4.87. The van der Waals surface area contributed by atoms with E-state index in [1.807, 2.05) is 30.3 Å². The molecular formula is C17H16Cl2FNO. The van der Waals surface area contributed by atoms with Gasteiger partial charge in [0.15, 0.2) is 11.6 Å². The standard InChI is InChI=1S/C17H16Cl2FNO/c18-13-6-7-14(20)17(15(13)19)22-16(12-8-9-21-10-12)11-4-2-1-3-5-11/h1-7,12,16,21H,8-10H2. The molecule has 0 saturated carbocycles. The molecule has 1 aliphatic rings. The lowest BCUT2D eigenvalue weighted by Crippen LogP contribution is -2.22. The van der Waals surface area contributed by atoms with Gasteiger partial charge in [-0.2, -0.15) is 0 Å². The number of nitrogens with one attached hydrogen (secondary N) is 1. The smallest absolute Gasteiger partial charge is 0.175 e. The molecule has 1 saturated heterocycles. The van der Waals surface area contributed by atoms with Crippen LogP contribution in [0.5, 0.6) is 5.75 Å². The number of hydrogen-bond donors (Lipinski definition) is 1. The van der Waals surface area contributed by atoms with E-state index < -0.39 is 5.82 Å². The van der Waals surface area contributed by atoms with E-state index in [-0.39, 0.29) is 27.8 Å². The summed E-state index contributed by atoms with van der Waals surface area (Å²) in [5.41, 5.74) is 1.01. The molecule has 2 aromatic carbocycles. The fourth-order valence-electron chi connectivity index (χ4n) is 2.76. The summed E-state index contributed by atoms with van der Waals surface area (Å²) in [4.78, 5) is 0. The van der Waals surface area contributed by atoms with Crippen molar-refractivity contribution in [2.45, 2.75) is 12.5 Å². The average Bonchev–Trinajstić information content (AvgIpc) is 3.06. The van der Waals surface area contributed by atoms with Crippen LogP contribution < -0.4 is 10.1 Å². The Hall–Kier alpha value is -1.29. The van der Waals surface area contributed by atoms with Crippen LogP contribution in [0.3, 0.4) is 0 Å². The zero-order chi connectivity index (χ0) is 15.5. The van der Waals surface area contributed by atoms with Gasteiger partial charge >= 0.3 is 0 Å². The number of benzene rings is 2. The van der Waals surface area contributed by atoms with E-state index in [0.717, 1.165) is 25.1 Å². The molecule has 0 spiro atoms. The lowest BCUT2D eigenvalue weighted by atomic mass is 9.95. The predicted octanol–water partition coefficient (Wildman–Crippen LogP) is 4.86. The van der Waals surface area contributed by atoms with Gasteiger partial charge in [-0.25, -0.2) is 4.39 Å². The van der Waals surface area contributed by atoms with Crippen molar-refractivity contribution < 1.29 is 9.13 Å². The number of hydrogen-bond acceptors (Lipinski definition) is 2. The van der Waals surface area contributed by atoms with E-state index >= 15 is 0 Å². The maximum absolute atomic E-state index is 14.1. The second-order valence-electron chi connectivity index (χ2n) is 5.37. The summed E-state index contributed by atoms with van der Waals surface area (Å²) in [6.07, 6.45) is 0.709. The second-order valence-corrected chi connectivity index (χ2v) is 6.16. The van der Waals surface area contributed by atoms with Crippen LogP contribution in [-0.2, 0) is 0 Å². The van der Waals surface area contributed by atoms with Gasteiger partial charge in [-0.15, -0.1) is 0 Å². The molecule has 1 fully saturated rings. The van der Waals surface area contributed by atoms with Gasteiger partial charge in [0, 0.05) is 12.5 Å². The van der Waals surface area contributed by atoms with Crippen LogP contribution in [0.1, 0.15) is 18.1 Å². The highest BCUT2D eigenvalue weighted by molar-refractivity contribution is 6.42. The Balaban J connectivity index is 1.95. The van der Waals surface area contributed by atoms with Crippen LogP contribution in [0.4, 0.5) is 4.39 Å². The molecule has 5 heteroatoms. The first-order chi connectivity index (χ1) is 10.7. The molecule has 116 valence electrons. The minimum Gasteiger partial charge on any atom is -0.481 e. The van der Waals surface area contributed by atoms with Gasteiger partial charge in [-0.1, -0.05) is 53.5 Å². The Labute approximate surface area is 139 Å². The van der Waals surface area contributed by atoms with Crippen LogP contribution in [0.25, 0.3) is 0 Å². The third-order valence-electron chi connectivity index (χ3n) is 3.90. The fourth-order valence-corrected chi connectivity index (χ4v) is 3.10. The van der Waals surface area contributed by atoms with Gasteiger partial charge in [0.2, 0.25) is 0 Å². The maximum atomic E-state index is 14.1. The summed E-state index contributed by atoms with van der Waals surface area (Å²) < 4.78 is 20.1. The van der Waals surface area contributed by atoms with Gasteiger partial charge < -0.3 is 10.1 Å². The van der Waals surface area contributed by atoms with Crippen molar-refractivity contribution in [1.82, 2.24) is 5.32 Å². The third-order valence-corrected chi connectivity index (χ3v) is 4.69. The number of ether oxygens (including phenoxy) is 1. The van der Waals surface area contributed by atoms with Gasteiger partial charge in [0.25, 0.3) is 0 Å². The van der Waals surface area contributed by atoms with Crippen molar-refractivity contribution in [3.05, 3.63) is 63.9 Å². The van der Waals surface area contributed by atoms with Crippen molar-refractivity contribution in [3.8, 4) is 5.75 Å². The summed E-state index contributed by atoms with van der Waals surface area (Å²) in [6.45, 7) is 1.77. The molecule has 2 aromatic rings. The summed E-state index contributed by atoms with van der Waals surface area (Å²) in [5, 5.41) is 3.72. The van der Waals surface area contributed by atoms with E-state index in [1.54, 1.807) is 0 Å². The molecule has 0 aromatic heterocycles. The highest BCUT2D eigenvalue weighted by atomic mass is 35.5. The van der Waals surface area contributed by atoms with E-state index in [0.29, 0.717) is 0 Å². The molecule has 3 rings (SSSR count). The molecule has 1 heterocycles. The highest BCUT2D eigenvalue weighted by Crippen LogP contribution is 2.39. The molecule has 0 radical (unpaired) electrons. The zero-order valence-corrected chi connectivity index (χ0v) is 13.4. The van der Waals surface area contributed by atoms with E-state index in [1.165, 1.54) is 12.1 Å². The Morgan fingerprint density at radius 2 is 1.91 bits per heavy atom. The molecule has 2 atom stereocenters. The van der Waals surface area contributed by atoms with Crippen LogP contribution in [0.2, 0.25) is 10.0 Å². The quantitative estimate of drug-likeness (QED) is 0.803. The van der Waals surface area contributed by atoms with E-state index in [4.69, 9.17) is 27.9 Å². The molecule has 0 amide bonds. The molecule has 0 bridgehead atoms. The normalized spacial score (nSPS) is 19.1. The van der Waals surface area contributed by atoms with E-state index in [9.17, 15) is 4.39 Å². The minimum absolute atomic E-state index is 0.0231. The topological polar surface area (TPSA) is 21.3 Å². The van der Waals surface area contributed by atoms with Gasteiger partial charge in [0.1, 0.15) is 11.1 Å². The third kappa shape index (κ3) is 3.22. The Bertz CT molecular complexity index is 645. The maximum Gasteiger partial charge on any atom is 0.175 e. The number of halogens is 3. The first kappa shape index (κ1) is 15.6. The monoisotopic (exact) mass is 339 g/mol. The molecule has 22 heavy (non-hydrogen) atoms. The Morgan fingerprint density at radius 1 is 1.14 bits per heavy atom. The minimum atomic E-state index is -0.499. The van der Waals surface area contributed by atoms with Crippen molar-refractivity contribution in [3.63, 3.8) is 0 Å². The van der Waals surface area contributed by atoms with Crippen molar-refractivity contribution in [1.29, 1.82) is 0 Å². The molecule has 1 N–H and O–H groups in total. The summed E-state index contributed by atoms with van der Waals surface area (Å²) in [7, 11) is 0.